The maximum absolute atomic E-state index is 12.3. The molecule has 132 valence electrons. The van der Waals surface area contributed by atoms with Crippen LogP contribution in [0.4, 0.5) is 5.69 Å². The van der Waals surface area contributed by atoms with Crippen molar-refractivity contribution in [2.45, 2.75) is 12.8 Å². The van der Waals surface area contributed by atoms with Crippen LogP contribution in [0.25, 0.3) is 0 Å². The smallest absolute Gasteiger partial charge is 0.251 e. The summed E-state index contributed by atoms with van der Waals surface area (Å²) in [6.07, 6.45) is 3.36. The normalized spacial score (nSPS) is 10.2. The molecule has 0 aromatic heterocycles. The molecule has 0 radical (unpaired) electrons. The van der Waals surface area contributed by atoms with Gasteiger partial charge in [0.25, 0.3) is 5.91 Å². The number of rotatable bonds is 9. The summed E-state index contributed by atoms with van der Waals surface area (Å²) in [6.45, 7) is 5.27. The van der Waals surface area contributed by atoms with Crippen LogP contribution in [0.3, 0.4) is 0 Å². The first-order valence-electron chi connectivity index (χ1n) is 8.48. The van der Waals surface area contributed by atoms with E-state index in [-0.39, 0.29) is 5.91 Å². The first kappa shape index (κ1) is 18.6. The summed E-state index contributed by atoms with van der Waals surface area (Å²) in [5, 5.41) is 2.98. The molecule has 0 saturated heterocycles. The van der Waals surface area contributed by atoms with Crippen LogP contribution < -0.4 is 15.0 Å². The summed E-state index contributed by atoms with van der Waals surface area (Å²) in [7, 11) is 3.69. The second-order valence-electron chi connectivity index (χ2n) is 5.89. The number of carbonyl (C=O) groups is 1. The molecule has 4 heteroatoms. The highest BCUT2D eigenvalue weighted by atomic mass is 16.5. The number of methoxy groups -OCH3 is 1. The highest BCUT2D eigenvalue weighted by molar-refractivity contribution is 5.94. The molecule has 1 amide bonds. The first-order chi connectivity index (χ1) is 12.2. The number of nitrogens with one attached hydrogen (secondary N) is 1. The molecular formula is C21H26N2O2. The van der Waals surface area contributed by atoms with Crippen molar-refractivity contribution in [1.29, 1.82) is 0 Å². The fraction of sp³-hybridized carbons (Fsp3) is 0.286. The molecule has 4 nitrogen and oxygen atoms in total. The van der Waals surface area contributed by atoms with Gasteiger partial charge in [0.15, 0.2) is 0 Å². The third-order valence-corrected chi connectivity index (χ3v) is 4.06. The molecule has 0 aliphatic carbocycles. The van der Waals surface area contributed by atoms with Crippen LogP contribution in [0.2, 0.25) is 0 Å². The fourth-order valence-electron chi connectivity index (χ4n) is 2.67. The van der Waals surface area contributed by atoms with Crippen LogP contribution >= 0.6 is 0 Å². The van der Waals surface area contributed by atoms with Crippen molar-refractivity contribution in [2.24, 2.45) is 0 Å². The van der Waals surface area contributed by atoms with Gasteiger partial charge in [-0.15, -0.1) is 6.58 Å². The Bertz CT molecular complexity index is 698. The predicted molar refractivity (Wildman–Crippen MR) is 104 cm³/mol. The van der Waals surface area contributed by atoms with E-state index < -0.39 is 0 Å². The Kier molecular flexibility index (Phi) is 7.08. The van der Waals surface area contributed by atoms with Gasteiger partial charge < -0.3 is 15.0 Å². The zero-order chi connectivity index (χ0) is 18.1. The number of hydrogen-bond donors (Lipinski definition) is 1. The van der Waals surface area contributed by atoms with E-state index in [0.717, 1.165) is 24.3 Å². The van der Waals surface area contributed by atoms with Crippen LogP contribution in [0.5, 0.6) is 5.75 Å². The van der Waals surface area contributed by atoms with Crippen molar-refractivity contribution in [3.8, 4) is 5.75 Å². The second-order valence-corrected chi connectivity index (χ2v) is 5.89. The minimum absolute atomic E-state index is 0.0599. The molecule has 0 unspecified atom stereocenters. The molecule has 2 rings (SSSR count). The largest absolute Gasteiger partial charge is 0.496 e. The first-order valence-corrected chi connectivity index (χ1v) is 8.48. The number of ether oxygens (including phenoxy) is 1. The lowest BCUT2D eigenvalue weighted by molar-refractivity contribution is 0.0953. The van der Waals surface area contributed by atoms with Crippen molar-refractivity contribution in [3.05, 3.63) is 72.3 Å². The lowest BCUT2D eigenvalue weighted by Gasteiger charge is -2.19. The number of hydrogen-bond acceptors (Lipinski definition) is 3. The molecule has 0 aliphatic heterocycles. The Morgan fingerprint density at radius 2 is 2.00 bits per heavy atom. The fourth-order valence-corrected chi connectivity index (χ4v) is 2.67. The SMILES string of the molecule is C=CCc1cc(C(=O)NCCCN(C)c2ccccc2)ccc1OC. The standard InChI is InChI=1S/C21H26N2O2/c1-4-9-17-16-18(12-13-20(17)25-3)21(24)22-14-8-15-23(2)19-10-6-5-7-11-19/h4-7,10-13,16H,1,8-9,14-15H2,2-3H3,(H,22,24). The summed E-state index contributed by atoms with van der Waals surface area (Å²) in [5.74, 6) is 0.719. The van der Waals surface area contributed by atoms with Crippen LogP contribution in [0, 0.1) is 0 Å². The summed E-state index contributed by atoms with van der Waals surface area (Å²) >= 11 is 0. The van der Waals surface area contributed by atoms with E-state index in [1.807, 2.05) is 30.3 Å². The maximum atomic E-state index is 12.3. The van der Waals surface area contributed by atoms with Gasteiger partial charge in [-0.25, -0.2) is 0 Å². The molecule has 0 atom stereocenters. The third-order valence-electron chi connectivity index (χ3n) is 4.06. The molecule has 0 spiro atoms. The van der Waals surface area contributed by atoms with Gasteiger partial charge in [-0.3, -0.25) is 4.79 Å². The van der Waals surface area contributed by atoms with Crippen molar-refractivity contribution in [3.63, 3.8) is 0 Å². The van der Waals surface area contributed by atoms with Gasteiger partial charge in [0.2, 0.25) is 0 Å². The zero-order valence-corrected chi connectivity index (χ0v) is 15.0. The molecule has 0 fully saturated rings. The molecule has 1 N–H and O–H groups in total. The van der Waals surface area contributed by atoms with Crippen molar-refractivity contribution < 1.29 is 9.53 Å². The van der Waals surface area contributed by atoms with Gasteiger partial charge in [-0.05, 0) is 48.7 Å². The summed E-state index contributed by atoms with van der Waals surface area (Å²) in [4.78, 5) is 14.5. The van der Waals surface area contributed by atoms with E-state index in [1.54, 1.807) is 19.3 Å². The number of carbonyl (C=O) groups excluding carboxylic acids is 1. The number of allylic oxidation sites excluding steroid dienone is 1. The van der Waals surface area contributed by atoms with Crippen molar-refractivity contribution >= 4 is 11.6 Å². The van der Waals surface area contributed by atoms with Gasteiger partial charge >= 0.3 is 0 Å². The Morgan fingerprint density at radius 1 is 1.24 bits per heavy atom. The van der Waals surface area contributed by atoms with Gasteiger partial charge in [0.05, 0.1) is 7.11 Å². The predicted octanol–water partition coefficient (Wildman–Crippen LogP) is 3.68. The Labute approximate surface area is 150 Å². The molecule has 0 saturated carbocycles. The monoisotopic (exact) mass is 338 g/mol. The van der Waals surface area contributed by atoms with E-state index >= 15 is 0 Å². The third kappa shape index (κ3) is 5.38. The maximum Gasteiger partial charge on any atom is 0.251 e. The van der Waals surface area contributed by atoms with E-state index in [4.69, 9.17) is 4.74 Å². The van der Waals surface area contributed by atoms with Crippen LogP contribution in [-0.4, -0.2) is 33.2 Å². The summed E-state index contributed by atoms with van der Waals surface area (Å²) < 4.78 is 5.31. The zero-order valence-electron chi connectivity index (χ0n) is 15.0. The number of para-hydroxylation sites is 1. The highest BCUT2D eigenvalue weighted by Crippen LogP contribution is 2.20. The lowest BCUT2D eigenvalue weighted by Crippen LogP contribution is -2.28. The molecule has 2 aromatic carbocycles. The van der Waals surface area contributed by atoms with Crippen LogP contribution in [0.1, 0.15) is 22.3 Å². The second kappa shape index (κ2) is 9.52. The van der Waals surface area contributed by atoms with Gasteiger partial charge in [0, 0.05) is 31.4 Å². The molecule has 0 aliphatic rings. The molecule has 0 bridgehead atoms. The quantitative estimate of drug-likeness (QED) is 0.560. The van der Waals surface area contributed by atoms with Crippen LogP contribution in [0.15, 0.2) is 61.2 Å². The number of benzene rings is 2. The van der Waals surface area contributed by atoms with Gasteiger partial charge in [0.1, 0.15) is 5.75 Å². The highest BCUT2D eigenvalue weighted by Gasteiger charge is 2.09. The minimum atomic E-state index is -0.0599. The number of amides is 1. The molecule has 2 aromatic rings. The summed E-state index contributed by atoms with van der Waals surface area (Å²) in [5.41, 5.74) is 2.79. The Morgan fingerprint density at radius 3 is 2.68 bits per heavy atom. The van der Waals surface area contributed by atoms with Crippen LogP contribution in [-0.2, 0) is 6.42 Å². The minimum Gasteiger partial charge on any atom is -0.496 e. The van der Waals surface area contributed by atoms with E-state index in [1.165, 1.54) is 5.69 Å². The van der Waals surface area contributed by atoms with Crippen molar-refractivity contribution in [2.75, 3.05) is 32.1 Å². The average molecular weight is 338 g/mol. The molecule has 25 heavy (non-hydrogen) atoms. The Balaban J connectivity index is 1.84. The van der Waals surface area contributed by atoms with E-state index in [0.29, 0.717) is 18.5 Å². The molecule has 0 heterocycles. The average Bonchev–Trinajstić information content (AvgIpc) is 2.65. The van der Waals surface area contributed by atoms with E-state index in [9.17, 15) is 4.79 Å². The number of anilines is 1. The molecular weight excluding hydrogens is 312 g/mol. The summed E-state index contributed by atoms with van der Waals surface area (Å²) in [6, 6.07) is 15.7. The van der Waals surface area contributed by atoms with E-state index in [2.05, 4.69) is 36.0 Å². The lowest BCUT2D eigenvalue weighted by atomic mass is 10.1. The Hall–Kier alpha value is -2.75. The van der Waals surface area contributed by atoms with Crippen molar-refractivity contribution in [1.82, 2.24) is 5.32 Å². The number of nitrogens with zero attached hydrogens (tertiary/aromatic N) is 1. The topological polar surface area (TPSA) is 41.6 Å². The van der Waals surface area contributed by atoms with Gasteiger partial charge in [-0.2, -0.15) is 0 Å². The van der Waals surface area contributed by atoms with Gasteiger partial charge in [-0.1, -0.05) is 24.3 Å².